The van der Waals surface area contributed by atoms with Crippen molar-refractivity contribution in [1.29, 1.82) is 0 Å². The van der Waals surface area contributed by atoms with Crippen molar-refractivity contribution in [3.8, 4) is 23.0 Å². The first-order valence-electron chi connectivity index (χ1n) is 12.3. The maximum absolute atomic E-state index is 13.6. The Hall–Kier alpha value is -4.63. The zero-order valence-electron chi connectivity index (χ0n) is 22.6. The zero-order chi connectivity index (χ0) is 28.5. The lowest BCUT2D eigenvalue weighted by molar-refractivity contribution is -0.115. The highest BCUT2D eigenvalue weighted by atomic mass is 32.2. The average molecular weight is 559 g/mol. The summed E-state index contributed by atoms with van der Waals surface area (Å²) in [5.74, 6) is 1.30. The molecule has 0 aromatic heterocycles. The van der Waals surface area contributed by atoms with E-state index in [4.69, 9.17) is 18.9 Å². The summed E-state index contributed by atoms with van der Waals surface area (Å²) in [6, 6.07) is 27.2. The Balaban J connectivity index is 1.58. The fourth-order valence-corrected chi connectivity index (χ4v) is 5.14. The van der Waals surface area contributed by atoms with Crippen LogP contribution < -0.4 is 29.6 Å². The van der Waals surface area contributed by atoms with E-state index >= 15 is 0 Å². The molecule has 2 amide bonds. The molecule has 0 saturated heterocycles. The summed E-state index contributed by atoms with van der Waals surface area (Å²) in [6.07, 6.45) is 0. The SMILES string of the molecule is COc1ccc(NC(=O)C(Sc2cccc(NC(=O)c3c(OC)cccc3OC)c2)c2ccccc2)c(OC)c1. The molecular formula is C31H30N2O6S. The predicted octanol–water partition coefficient (Wildman–Crippen LogP) is 6.45. The average Bonchev–Trinajstić information content (AvgIpc) is 3.00. The molecule has 0 spiro atoms. The molecule has 0 aliphatic carbocycles. The highest BCUT2D eigenvalue weighted by Crippen LogP contribution is 2.39. The van der Waals surface area contributed by atoms with E-state index < -0.39 is 5.25 Å². The van der Waals surface area contributed by atoms with Gasteiger partial charge in [0.15, 0.2) is 0 Å². The number of benzene rings is 4. The molecule has 0 aliphatic rings. The minimum Gasteiger partial charge on any atom is -0.497 e. The van der Waals surface area contributed by atoms with Crippen LogP contribution in [-0.2, 0) is 4.79 Å². The molecule has 4 rings (SSSR count). The number of carbonyl (C=O) groups is 2. The molecule has 0 radical (unpaired) electrons. The number of hydrogen-bond acceptors (Lipinski definition) is 7. The van der Waals surface area contributed by atoms with Crippen LogP contribution in [-0.4, -0.2) is 40.3 Å². The standard InChI is InChI=1S/C31H30N2O6S/c1-36-22-16-17-24(27(19-22)39-4)33-31(35)29(20-10-6-5-7-11-20)40-23-13-8-12-21(18-23)32-30(34)28-25(37-2)14-9-15-26(28)38-3/h5-19,29H,1-4H3,(H,32,34)(H,33,35). The van der Waals surface area contributed by atoms with E-state index in [1.165, 1.54) is 33.1 Å². The van der Waals surface area contributed by atoms with Crippen LogP contribution in [0.4, 0.5) is 11.4 Å². The van der Waals surface area contributed by atoms with Crippen molar-refractivity contribution < 1.29 is 28.5 Å². The molecule has 1 atom stereocenters. The quantitative estimate of drug-likeness (QED) is 0.204. The molecule has 0 bridgehead atoms. The monoisotopic (exact) mass is 558 g/mol. The van der Waals surface area contributed by atoms with Gasteiger partial charge in [0.1, 0.15) is 33.8 Å². The Morgan fingerprint density at radius 3 is 2.00 bits per heavy atom. The van der Waals surface area contributed by atoms with Gasteiger partial charge in [-0.2, -0.15) is 0 Å². The number of anilines is 2. The molecule has 2 N–H and O–H groups in total. The highest BCUT2D eigenvalue weighted by Gasteiger charge is 2.24. The summed E-state index contributed by atoms with van der Waals surface area (Å²) in [5, 5.41) is 5.31. The van der Waals surface area contributed by atoms with E-state index in [2.05, 4.69) is 10.6 Å². The number of methoxy groups -OCH3 is 4. The summed E-state index contributed by atoms with van der Waals surface area (Å²) in [4.78, 5) is 27.6. The number of nitrogens with one attached hydrogen (secondary N) is 2. The second-order valence-corrected chi connectivity index (χ2v) is 9.66. The van der Waals surface area contributed by atoms with Crippen molar-refractivity contribution in [2.75, 3.05) is 39.1 Å². The van der Waals surface area contributed by atoms with Gasteiger partial charge in [-0.15, -0.1) is 11.8 Å². The van der Waals surface area contributed by atoms with Crippen LogP contribution >= 0.6 is 11.8 Å². The Morgan fingerprint density at radius 1 is 0.675 bits per heavy atom. The maximum atomic E-state index is 13.6. The van der Waals surface area contributed by atoms with Crippen LogP contribution in [0.25, 0.3) is 0 Å². The Bertz CT molecular complexity index is 1460. The minimum absolute atomic E-state index is 0.229. The third-order valence-corrected chi connectivity index (χ3v) is 7.26. The minimum atomic E-state index is -0.590. The maximum Gasteiger partial charge on any atom is 0.263 e. The summed E-state index contributed by atoms with van der Waals surface area (Å²) in [7, 11) is 6.10. The first-order chi connectivity index (χ1) is 19.5. The van der Waals surface area contributed by atoms with Crippen molar-refractivity contribution in [2.24, 2.45) is 0 Å². The second kappa shape index (κ2) is 13.4. The summed E-state index contributed by atoms with van der Waals surface area (Å²) in [6.45, 7) is 0. The second-order valence-electron chi connectivity index (χ2n) is 8.48. The van der Waals surface area contributed by atoms with E-state index in [1.54, 1.807) is 49.6 Å². The molecular weight excluding hydrogens is 528 g/mol. The highest BCUT2D eigenvalue weighted by molar-refractivity contribution is 8.00. The largest absolute Gasteiger partial charge is 0.497 e. The Labute approximate surface area is 237 Å². The van der Waals surface area contributed by atoms with Crippen LogP contribution in [0.1, 0.15) is 21.2 Å². The summed E-state index contributed by atoms with van der Waals surface area (Å²) < 4.78 is 21.5. The number of hydrogen-bond donors (Lipinski definition) is 2. The molecule has 1 unspecified atom stereocenters. The molecule has 9 heteroatoms. The number of thioether (sulfide) groups is 1. The van der Waals surface area contributed by atoms with Crippen molar-refractivity contribution in [3.63, 3.8) is 0 Å². The van der Waals surface area contributed by atoms with Crippen LogP contribution in [0.3, 0.4) is 0 Å². The lowest BCUT2D eigenvalue weighted by Crippen LogP contribution is -2.19. The van der Waals surface area contributed by atoms with Crippen molar-refractivity contribution in [2.45, 2.75) is 10.1 Å². The van der Waals surface area contributed by atoms with Crippen LogP contribution in [0.5, 0.6) is 23.0 Å². The smallest absolute Gasteiger partial charge is 0.263 e. The van der Waals surface area contributed by atoms with Crippen LogP contribution in [0.2, 0.25) is 0 Å². The molecule has 0 aliphatic heterocycles. The third-order valence-electron chi connectivity index (χ3n) is 6.01. The summed E-state index contributed by atoms with van der Waals surface area (Å²) >= 11 is 1.36. The van der Waals surface area contributed by atoms with Gasteiger partial charge in [0, 0.05) is 16.6 Å². The number of rotatable bonds is 11. The molecule has 4 aromatic carbocycles. The van der Waals surface area contributed by atoms with Gasteiger partial charge in [0.25, 0.3) is 5.91 Å². The summed E-state index contributed by atoms with van der Waals surface area (Å²) in [5.41, 5.74) is 2.21. The first-order valence-corrected chi connectivity index (χ1v) is 13.2. The molecule has 0 saturated carbocycles. The van der Waals surface area contributed by atoms with E-state index in [0.717, 1.165) is 10.5 Å². The van der Waals surface area contributed by atoms with Crippen LogP contribution in [0, 0.1) is 0 Å². The van der Waals surface area contributed by atoms with Gasteiger partial charge >= 0.3 is 0 Å². The van der Waals surface area contributed by atoms with Gasteiger partial charge in [0.2, 0.25) is 5.91 Å². The molecule has 8 nitrogen and oxygen atoms in total. The van der Waals surface area contributed by atoms with E-state index in [9.17, 15) is 9.59 Å². The third kappa shape index (κ3) is 6.68. The van der Waals surface area contributed by atoms with Gasteiger partial charge in [-0.1, -0.05) is 42.5 Å². The molecule has 0 heterocycles. The van der Waals surface area contributed by atoms with Gasteiger partial charge < -0.3 is 29.6 Å². The Kier molecular flexibility index (Phi) is 9.53. The lowest BCUT2D eigenvalue weighted by atomic mass is 10.1. The van der Waals surface area contributed by atoms with Crippen molar-refractivity contribution in [1.82, 2.24) is 0 Å². The number of ether oxygens (including phenoxy) is 4. The van der Waals surface area contributed by atoms with Gasteiger partial charge in [-0.05, 0) is 48.0 Å². The molecule has 40 heavy (non-hydrogen) atoms. The number of amides is 2. The van der Waals surface area contributed by atoms with Gasteiger partial charge in [-0.25, -0.2) is 0 Å². The van der Waals surface area contributed by atoms with Crippen LogP contribution in [0.15, 0.2) is 95.9 Å². The van der Waals surface area contributed by atoms with Crippen molar-refractivity contribution in [3.05, 3.63) is 102 Å². The van der Waals surface area contributed by atoms with E-state index in [-0.39, 0.29) is 11.8 Å². The lowest BCUT2D eigenvalue weighted by Gasteiger charge is -2.19. The molecule has 206 valence electrons. The normalized spacial score (nSPS) is 11.2. The zero-order valence-corrected chi connectivity index (χ0v) is 23.4. The van der Waals surface area contributed by atoms with E-state index in [1.807, 2.05) is 48.5 Å². The number of carbonyl (C=O) groups excluding carboxylic acids is 2. The molecule has 4 aromatic rings. The van der Waals surface area contributed by atoms with Gasteiger partial charge in [0.05, 0.1) is 34.1 Å². The topological polar surface area (TPSA) is 95.1 Å². The van der Waals surface area contributed by atoms with Gasteiger partial charge in [-0.3, -0.25) is 9.59 Å². The van der Waals surface area contributed by atoms with E-state index in [0.29, 0.717) is 39.9 Å². The fraction of sp³-hybridized carbons (Fsp3) is 0.161. The molecule has 0 fully saturated rings. The fourth-order valence-electron chi connectivity index (χ4n) is 4.05. The Morgan fingerprint density at radius 2 is 1.35 bits per heavy atom. The van der Waals surface area contributed by atoms with Crippen molar-refractivity contribution >= 4 is 35.0 Å². The predicted molar refractivity (Wildman–Crippen MR) is 157 cm³/mol. The first kappa shape index (κ1) is 28.4.